The number of anilines is 1. The zero-order valence-corrected chi connectivity index (χ0v) is 16.8. The van der Waals surface area contributed by atoms with Gasteiger partial charge < -0.3 is 19.7 Å². The van der Waals surface area contributed by atoms with Crippen LogP contribution in [0.15, 0.2) is 17.4 Å². The summed E-state index contributed by atoms with van der Waals surface area (Å²) in [4.78, 5) is 23.1. The number of nitrogens with one attached hydrogen (secondary N) is 1. The second-order valence-corrected chi connectivity index (χ2v) is 8.68. The lowest BCUT2D eigenvalue weighted by molar-refractivity contribution is 0.0434. The maximum Gasteiger partial charge on any atom is 0.407 e. The Morgan fingerprint density at radius 3 is 2.62 bits per heavy atom. The Morgan fingerprint density at radius 1 is 1.35 bits per heavy atom. The number of aromatic nitrogens is 2. The minimum Gasteiger partial charge on any atom is -0.444 e. The van der Waals surface area contributed by atoms with E-state index >= 15 is 0 Å². The molecule has 0 bridgehead atoms. The van der Waals surface area contributed by atoms with E-state index in [1.54, 1.807) is 12.4 Å². The van der Waals surface area contributed by atoms with Crippen LogP contribution in [-0.2, 0) is 9.47 Å². The van der Waals surface area contributed by atoms with Crippen molar-refractivity contribution in [1.82, 2.24) is 15.3 Å². The van der Waals surface area contributed by atoms with Crippen molar-refractivity contribution in [2.24, 2.45) is 5.41 Å². The molecule has 1 N–H and O–H groups in total. The van der Waals surface area contributed by atoms with Gasteiger partial charge in [0.05, 0.1) is 31.1 Å². The second kappa shape index (κ2) is 7.23. The molecule has 2 aliphatic heterocycles. The molecular formula is C18H28N4O3S. The number of alkyl carbamates (subject to hydrolysis) is 1. The molecule has 3 heterocycles. The van der Waals surface area contributed by atoms with Gasteiger partial charge in [0, 0.05) is 18.5 Å². The first kappa shape index (κ1) is 19.2. The zero-order chi connectivity index (χ0) is 18.9. The Kier molecular flexibility index (Phi) is 5.35. The third-order valence-corrected chi connectivity index (χ3v) is 5.37. The first-order valence-corrected chi connectivity index (χ1v) is 9.50. The van der Waals surface area contributed by atoms with Crippen LogP contribution in [0.3, 0.4) is 0 Å². The summed E-state index contributed by atoms with van der Waals surface area (Å²) >= 11 is 4.18. The van der Waals surface area contributed by atoms with Crippen LogP contribution in [0.2, 0.25) is 0 Å². The van der Waals surface area contributed by atoms with Gasteiger partial charge in [-0.05, 0) is 40.5 Å². The van der Waals surface area contributed by atoms with Crippen molar-refractivity contribution < 1.29 is 14.3 Å². The number of thiol groups is 1. The van der Waals surface area contributed by atoms with E-state index in [9.17, 15) is 4.79 Å². The maximum atomic E-state index is 12.3. The molecule has 0 radical (unpaired) electrons. The van der Waals surface area contributed by atoms with E-state index in [0.717, 1.165) is 31.7 Å². The summed E-state index contributed by atoms with van der Waals surface area (Å²) in [6, 6.07) is -0.0506. The monoisotopic (exact) mass is 380 g/mol. The van der Waals surface area contributed by atoms with Gasteiger partial charge >= 0.3 is 6.09 Å². The Morgan fingerprint density at radius 2 is 2.04 bits per heavy atom. The van der Waals surface area contributed by atoms with Crippen molar-refractivity contribution in [3.63, 3.8) is 0 Å². The molecule has 0 unspecified atom stereocenters. The second-order valence-electron chi connectivity index (χ2n) is 8.22. The van der Waals surface area contributed by atoms with Gasteiger partial charge in [0.2, 0.25) is 0 Å². The fourth-order valence-corrected chi connectivity index (χ4v) is 3.92. The fraction of sp³-hybridized carbons (Fsp3) is 0.722. The van der Waals surface area contributed by atoms with Crippen LogP contribution >= 0.6 is 12.6 Å². The lowest BCUT2D eigenvalue weighted by Gasteiger charge is -2.42. The molecule has 2 atom stereocenters. The lowest BCUT2D eigenvalue weighted by atomic mass is 9.73. The van der Waals surface area contributed by atoms with E-state index in [0.29, 0.717) is 11.6 Å². The third-order valence-electron chi connectivity index (χ3n) is 5.14. The molecule has 2 fully saturated rings. The van der Waals surface area contributed by atoms with Crippen molar-refractivity contribution in [3.8, 4) is 0 Å². The number of hydrogen-bond donors (Lipinski definition) is 2. The molecule has 0 saturated carbocycles. The average Bonchev–Trinajstić information content (AvgIpc) is 2.84. The van der Waals surface area contributed by atoms with Crippen molar-refractivity contribution in [2.75, 3.05) is 24.6 Å². The molecule has 8 heteroatoms. The van der Waals surface area contributed by atoms with Crippen molar-refractivity contribution in [3.05, 3.63) is 12.4 Å². The van der Waals surface area contributed by atoms with E-state index < -0.39 is 5.60 Å². The summed E-state index contributed by atoms with van der Waals surface area (Å²) in [5.41, 5.74) is -0.579. The highest BCUT2D eigenvalue weighted by Crippen LogP contribution is 2.42. The summed E-state index contributed by atoms with van der Waals surface area (Å²) in [5.74, 6) is 0.862. The number of rotatable bonds is 2. The fourth-order valence-electron chi connectivity index (χ4n) is 3.80. The first-order valence-electron chi connectivity index (χ1n) is 9.06. The molecule has 2 aliphatic rings. The molecule has 0 aromatic carbocycles. The maximum absolute atomic E-state index is 12.3. The molecule has 7 nitrogen and oxygen atoms in total. The predicted octanol–water partition coefficient (Wildman–Crippen LogP) is 2.66. The van der Waals surface area contributed by atoms with Crippen molar-refractivity contribution in [1.29, 1.82) is 0 Å². The van der Waals surface area contributed by atoms with Crippen LogP contribution in [-0.4, -0.2) is 53.5 Å². The third kappa shape index (κ3) is 4.23. The Balaban J connectivity index is 1.65. The van der Waals surface area contributed by atoms with Crippen LogP contribution in [0.25, 0.3) is 0 Å². The van der Waals surface area contributed by atoms with Crippen molar-refractivity contribution >= 4 is 24.5 Å². The number of piperidine rings is 1. The molecule has 1 amide bonds. The highest BCUT2D eigenvalue weighted by atomic mass is 32.1. The van der Waals surface area contributed by atoms with E-state index in [1.165, 1.54) is 0 Å². The van der Waals surface area contributed by atoms with E-state index in [-0.39, 0.29) is 23.7 Å². The van der Waals surface area contributed by atoms with Gasteiger partial charge in [-0.3, -0.25) is 0 Å². The summed E-state index contributed by atoms with van der Waals surface area (Å²) in [6.45, 7) is 9.97. The van der Waals surface area contributed by atoms with Gasteiger partial charge in [0.25, 0.3) is 0 Å². The van der Waals surface area contributed by atoms with Crippen molar-refractivity contribution in [2.45, 2.75) is 63.3 Å². The molecule has 1 aromatic heterocycles. The quantitative estimate of drug-likeness (QED) is 0.768. The highest BCUT2D eigenvalue weighted by molar-refractivity contribution is 7.80. The topological polar surface area (TPSA) is 76.6 Å². The summed E-state index contributed by atoms with van der Waals surface area (Å²) in [7, 11) is 0. The first-order chi connectivity index (χ1) is 12.2. The van der Waals surface area contributed by atoms with Crippen LogP contribution in [0.1, 0.15) is 40.5 Å². The largest absolute Gasteiger partial charge is 0.444 e. The van der Waals surface area contributed by atoms with E-state index in [4.69, 9.17) is 9.47 Å². The number of nitrogens with zero attached hydrogens (tertiary/aromatic N) is 3. The summed E-state index contributed by atoms with van der Waals surface area (Å²) in [5, 5.41) is 3.68. The predicted molar refractivity (Wildman–Crippen MR) is 102 cm³/mol. The number of carbonyl (C=O) groups excluding carboxylic acids is 1. The summed E-state index contributed by atoms with van der Waals surface area (Å²) in [6.07, 6.45) is 4.85. The molecule has 144 valence electrons. The van der Waals surface area contributed by atoms with Gasteiger partial charge in [-0.25, -0.2) is 14.8 Å². The molecule has 2 saturated heterocycles. The molecule has 26 heavy (non-hydrogen) atoms. The number of carbonyl (C=O) groups is 1. The van der Waals surface area contributed by atoms with Crippen LogP contribution in [0.4, 0.5) is 10.6 Å². The van der Waals surface area contributed by atoms with E-state index in [1.807, 2.05) is 27.7 Å². The van der Waals surface area contributed by atoms with Gasteiger partial charge in [-0.15, -0.1) is 12.6 Å². The van der Waals surface area contributed by atoms with Gasteiger partial charge in [0.1, 0.15) is 16.4 Å². The normalized spacial score (nSPS) is 25.3. The summed E-state index contributed by atoms with van der Waals surface area (Å²) < 4.78 is 11.4. The molecular weight excluding hydrogens is 352 g/mol. The highest BCUT2D eigenvalue weighted by Gasteiger charge is 2.50. The number of ether oxygens (including phenoxy) is 2. The number of hydrogen-bond acceptors (Lipinski definition) is 7. The minimum atomic E-state index is -0.513. The molecule has 3 rings (SSSR count). The Labute approximate surface area is 160 Å². The van der Waals surface area contributed by atoms with Crippen LogP contribution in [0.5, 0.6) is 0 Å². The Bertz CT molecular complexity index is 639. The van der Waals surface area contributed by atoms with Crippen LogP contribution < -0.4 is 10.2 Å². The SMILES string of the molecule is C[C@@H]1OCC2(CCN(c3cnc(S)cn3)CC2)[C@@H]1NC(=O)OC(C)(C)C. The van der Waals surface area contributed by atoms with Gasteiger partial charge in [-0.2, -0.15) is 0 Å². The lowest BCUT2D eigenvalue weighted by Crippen LogP contribution is -2.55. The minimum absolute atomic E-state index is 0.0303. The Hall–Kier alpha value is -1.54. The van der Waals surface area contributed by atoms with Gasteiger partial charge in [0.15, 0.2) is 0 Å². The standard InChI is InChI=1S/C18H28N4O3S/c1-12-15(21-16(23)25-17(2,3)4)18(11-24-12)5-7-22(8-6-18)13-9-20-14(26)10-19-13/h9-10,12,15H,5-8,11H2,1-4H3,(H,20,26)(H,21,23)/t12-,15+/m0/s1. The number of amides is 1. The molecule has 1 spiro atoms. The molecule has 1 aromatic rings. The average molecular weight is 381 g/mol. The van der Waals surface area contributed by atoms with Gasteiger partial charge in [-0.1, -0.05) is 0 Å². The van der Waals surface area contributed by atoms with Crippen LogP contribution in [0, 0.1) is 5.41 Å². The molecule has 0 aliphatic carbocycles. The smallest absolute Gasteiger partial charge is 0.407 e. The zero-order valence-electron chi connectivity index (χ0n) is 15.9. The van der Waals surface area contributed by atoms with E-state index in [2.05, 4.69) is 32.8 Å².